The smallest absolute Gasteiger partial charge is 0.254 e. The number of amides is 1. The van der Waals surface area contributed by atoms with Gasteiger partial charge in [0.15, 0.2) is 0 Å². The number of hydrogen-bond acceptors (Lipinski definition) is 3. The van der Waals surface area contributed by atoms with E-state index in [0.717, 1.165) is 16.7 Å². The first-order valence-corrected chi connectivity index (χ1v) is 6.33. The molecular weight excluding hydrogens is 252 g/mol. The molecule has 0 saturated carbocycles. The van der Waals surface area contributed by atoms with Gasteiger partial charge in [-0.25, -0.2) is 4.98 Å². The number of fused-ring (bicyclic) bond motifs is 1. The lowest BCUT2D eigenvalue weighted by atomic mass is 10.1. The summed E-state index contributed by atoms with van der Waals surface area (Å²) in [5.74, 6) is 0.721. The molecule has 0 unspecified atom stereocenters. The minimum absolute atomic E-state index is 0.0417. The number of pyridine rings is 1. The largest absolute Gasteiger partial charge is 0.347 e. The van der Waals surface area contributed by atoms with Crippen molar-refractivity contribution >= 4 is 16.8 Å². The number of carbonyl (C=O) groups is 1. The quantitative estimate of drug-likeness (QED) is 0.790. The standard InChI is InChI=1S/C15H14N4O/c1-19(10-14-17-8-9-18-14)15(20)12-6-7-16-13-5-3-2-4-11(12)13/h2-9H,10H2,1H3,(H,17,18). The third-order valence-corrected chi connectivity index (χ3v) is 3.17. The van der Waals surface area contributed by atoms with Crippen LogP contribution in [0.2, 0.25) is 0 Å². The van der Waals surface area contributed by atoms with E-state index in [1.54, 1.807) is 36.6 Å². The Morgan fingerprint density at radius 2 is 2.05 bits per heavy atom. The maximum atomic E-state index is 12.5. The van der Waals surface area contributed by atoms with Crippen LogP contribution >= 0.6 is 0 Å². The lowest BCUT2D eigenvalue weighted by molar-refractivity contribution is 0.0784. The van der Waals surface area contributed by atoms with Gasteiger partial charge in [0.05, 0.1) is 17.6 Å². The molecule has 0 fully saturated rings. The Balaban J connectivity index is 1.92. The number of nitrogens with zero attached hydrogens (tertiary/aromatic N) is 3. The zero-order valence-electron chi connectivity index (χ0n) is 11.1. The molecule has 2 heterocycles. The molecule has 0 radical (unpaired) electrons. The summed E-state index contributed by atoms with van der Waals surface area (Å²) in [5.41, 5.74) is 1.48. The molecule has 1 aromatic carbocycles. The Morgan fingerprint density at radius 3 is 2.85 bits per heavy atom. The van der Waals surface area contributed by atoms with Crippen LogP contribution in [-0.4, -0.2) is 32.8 Å². The second-order valence-corrected chi connectivity index (χ2v) is 4.57. The van der Waals surface area contributed by atoms with Crippen LogP contribution in [0.25, 0.3) is 10.9 Å². The van der Waals surface area contributed by atoms with Crippen LogP contribution in [-0.2, 0) is 6.54 Å². The summed E-state index contributed by atoms with van der Waals surface area (Å²) in [5, 5.41) is 0.867. The van der Waals surface area contributed by atoms with Crippen LogP contribution in [0.4, 0.5) is 0 Å². The van der Waals surface area contributed by atoms with Crippen molar-refractivity contribution in [2.24, 2.45) is 0 Å². The predicted octanol–water partition coefficient (Wildman–Crippen LogP) is 2.23. The lowest BCUT2D eigenvalue weighted by Gasteiger charge is -2.16. The van der Waals surface area contributed by atoms with Crippen molar-refractivity contribution in [3.05, 3.63) is 60.3 Å². The molecule has 1 N–H and O–H groups in total. The Hall–Kier alpha value is -2.69. The zero-order chi connectivity index (χ0) is 13.9. The monoisotopic (exact) mass is 266 g/mol. The van der Waals surface area contributed by atoms with Gasteiger partial charge in [-0.15, -0.1) is 0 Å². The van der Waals surface area contributed by atoms with Crippen LogP contribution in [0.15, 0.2) is 48.9 Å². The number of imidazole rings is 1. The van der Waals surface area contributed by atoms with Crippen molar-refractivity contribution in [2.75, 3.05) is 7.05 Å². The molecule has 0 aliphatic carbocycles. The van der Waals surface area contributed by atoms with Gasteiger partial charge in [-0.1, -0.05) is 18.2 Å². The van der Waals surface area contributed by atoms with Gasteiger partial charge in [-0.05, 0) is 12.1 Å². The Labute approximate surface area is 116 Å². The summed E-state index contributed by atoms with van der Waals surface area (Å²) in [7, 11) is 1.76. The first-order chi connectivity index (χ1) is 9.75. The number of aromatic amines is 1. The minimum Gasteiger partial charge on any atom is -0.347 e. The Kier molecular flexibility index (Phi) is 3.16. The van der Waals surface area contributed by atoms with Crippen LogP contribution < -0.4 is 0 Å². The fourth-order valence-electron chi connectivity index (χ4n) is 2.17. The summed E-state index contributed by atoms with van der Waals surface area (Å²) >= 11 is 0. The zero-order valence-corrected chi connectivity index (χ0v) is 11.1. The highest BCUT2D eigenvalue weighted by Gasteiger charge is 2.15. The highest BCUT2D eigenvalue weighted by atomic mass is 16.2. The second kappa shape index (κ2) is 5.13. The van der Waals surface area contributed by atoms with E-state index in [1.165, 1.54) is 0 Å². The van der Waals surface area contributed by atoms with Gasteiger partial charge in [0.2, 0.25) is 0 Å². The maximum Gasteiger partial charge on any atom is 0.254 e. The van der Waals surface area contributed by atoms with Crippen molar-refractivity contribution in [3.8, 4) is 0 Å². The van der Waals surface area contributed by atoms with Crippen molar-refractivity contribution < 1.29 is 4.79 Å². The molecule has 5 heteroatoms. The highest BCUT2D eigenvalue weighted by molar-refractivity contribution is 6.05. The van der Waals surface area contributed by atoms with Gasteiger partial charge < -0.3 is 9.88 Å². The number of carbonyl (C=O) groups excluding carboxylic acids is 1. The van der Waals surface area contributed by atoms with Crippen LogP contribution in [0.5, 0.6) is 0 Å². The summed E-state index contributed by atoms with van der Waals surface area (Å²) in [6, 6.07) is 9.39. The number of hydrogen-bond donors (Lipinski definition) is 1. The SMILES string of the molecule is CN(Cc1ncc[nH]1)C(=O)c1ccnc2ccccc12. The average molecular weight is 266 g/mol. The number of rotatable bonds is 3. The molecule has 2 aromatic heterocycles. The van der Waals surface area contributed by atoms with Gasteiger partial charge in [-0.2, -0.15) is 0 Å². The first kappa shape index (κ1) is 12.3. The van der Waals surface area contributed by atoms with Crippen molar-refractivity contribution in [1.82, 2.24) is 19.9 Å². The van der Waals surface area contributed by atoms with Crippen molar-refractivity contribution in [2.45, 2.75) is 6.54 Å². The third kappa shape index (κ3) is 2.25. The molecule has 0 aliphatic heterocycles. The van der Waals surface area contributed by atoms with E-state index < -0.39 is 0 Å². The van der Waals surface area contributed by atoms with E-state index >= 15 is 0 Å². The summed E-state index contributed by atoms with van der Waals surface area (Å²) in [6.45, 7) is 0.447. The normalized spacial score (nSPS) is 10.7. The third-order valence-electron chi connectivity index (χ3n) is 3.17. The molecule has 100 valence electrons. The van der Waals surface area contributed by atoms with Gasteiger partial charge in [0.25, 0.3) is 5.91 Å². The summed E-state index contributed by atoms with van der Waals surface area (Å²) in [4.78, 5) is 25.6. The summed E-state index contributed by atoms with van der Waals surface area (Å²) < 4.78 is 0. The number of benzene rings is 1. The van der Waals surface area contributed by atoms with Gasteiger partial charge in [0.1, 0.15) is 5.82 Å². The van der Waals surface area contributed by atoms with Crippen LogP contribution in [0.3, 0.4) is 0 Å². The maximum absolute atomic E-state index is 12.5. The molecule has 3 aromatic rings. The van der Waals surface area contributed by atoms with Gasteiger partial charge in [-0.3, -0.25) is 9.78 Å². The number of nitrogens with one attached hydrogen (secondary N) is 1. The first-order valence-electron chi connectivity index (χ1n) is 6.33. The minimum atomic E-state index is -0.0417. The van der Waals surface area contributed by atoms with Crippen LogP contribution in [0, 0.1) is 0 Å². The molecule has 0 saturated heterocycles. The van der Waals surface area contributed by atoms with E-state index in [1.807, 2.05) is 24.3 Å². The lowest BCUT2D eigenvalue weighted by Crippen LogP contribution is -2.27. The van der Waals surface area contributed by atoms with E-state index in [4.69, 9.17) is 0 Å². The van der Waals surface area contributed by atoms with E-state index in [2.05, 4.69) is 15.0 Å². The van der Waals surface area contributed by atoms with Gasteiger partial charge >= 0.3 is 0 Å². The van der Waals surface area contributed by atoms with Crippen LogP contribution in [0.1, 0.15) is 16.2 Å². The molecule has 1 amide bonds. The molecule has 0 spiro atoms. The molecule has 3 rings (SSSR count). The highest BCUT2D eigenvalue weighted by Crippen LogP contribution is 2.18. The Bertz CT molecular complexity index is 731. The molecule has 20 heavy (non-hydrogen) atoms. The van der Waals surface area contributed by atoms with Crippen molar-refractivity contribution in [1.29, 1.82) is 0 Å². The molecular formula is C15H14N4O. The van der Waals surface area contributed by atoms with Crippen molar-refractivity contribution in [3.63, 3.8) is 0 Å². The topological polar surface area (TPSA) is 61.9 Å². The molecule has 5 nitrogen and oxygen atoms in total. The van der Waals surface area contributed by atoms with Gasteiger partial charge in [0, 0.05) is 31.0 Å². The summed E-state index contributed by atoms with van der Waals surface area (Å²) in [6.07, 6.45) is 5.08. The van der Waals surface area contributed by atoms with E-state index in [0.29, 0.717) is 12.1 Å². The Morgan fingerprint density at radius 1 is 1.20 bits per heavy atom. The average Bonchev–Trinajstić information content (AvgIpc) is 2.99. The van der Waals surface area contributed by atoms with E-state index in [9.17, 15) is 4.79 Å². The fraction of sp³-hybridized carbons (Fsp3) is 0.133. The fourth-order valence-corrected chi connectivity index (χ4v) is 2.17. The number of aromatic nitrogens is 3. The second-order valence-electron chi connectivity index (χ2n) is 4.57. The molecule has 0 atom stereocenters. The number of para-hydroxylation sites is 1. The molecule has 0 aliphatic rings. The number of H-pyrrole nitrogens is 1. The molecule has 0 bridgehead atoms. The van der Waals surface area contributed by atoms with E-state index in [-0.39, 0.29) is 5.91 Å². The predicted molar refractivity (Wildman–Crippen MR) is 76.1 cm³/mol.